The fourth-order valence-corrected chi connectivity index (χ4v) is 4.66. The Morgan fingerprint density at radius 3 is 2.23 bits per heavy atom. The van der Waals surface area contributed by atoms with E-state index >= 15 is 0 Å². The van der Waals surface area contributed by atoms with Gasteiger partial charge in [0.05, 0.1) is 6.04 Å². The first-order valence-electron chi connectivity index (χ1n) is 10.9. The van der Waals surface area contributed by atoms with Crippen molar-refractivity contribution in [1.29, 1.82) is 0 Å². The molecule has 180 valence electrons. The number of rotatable bonds is 8. The molecule has 0 spiro atoms. The van der Waals surface area contributed by atoms with Crippen LogP contribution in [0.5, 0.6) is 5.75 Å². The van der Waals surface area contributed by atoms with Crippen LogP contribution in [0.4, 0.5) is 19.7 Å². The average molecular weight is 495 g/mol. The van der Waals surface area contributed by atoms with E-state index in [0.717, 1.165) is 27.4 Å². The fourth-order valence-electron chi connectivity index (χ4n) is 3.71. The molecule has 1 unspecified atom stereocenters. The number of alkyl halides is 2. The SMILES string of the molecule is Cc1cc(C)nc(NC(c2ccc(OC(F)F)cc2)c2cc(C)sc2NC(=O)c2ccccc2)n1. The number of anilines is 2. The van der Waals surface area contributed by atoms with Crippen LogP contribution in [0.15, 0.2) is 66.7 Å². The third-order valence-corrected chi connectivity index (χ3v) is 6.13. The number of benzene rings is 2. The molecule has 0 radical (unpaired) electrons. The lowest BCUT2D eigenvalue weighted by Crippen LogP contribution is -2.18. The largest absolute Gasteiger partial charge is 0.435 e. The standard InChI is InChI=1S/C26H24F2N4O2S/c1-15-13-16(2)30-26(29-15)31-22(18-9-11-20(12-10-18)34-25(27)28)21-14-17(3)35-24(21)32-23(33)19-7-5-4-6-8-19/h4-14,22,25H,1-3H3,(H,32,33)(H,29,30,31). The first kappa shape index (κ1) is 24.3. The molecule has 0 fully saturated rings. The van der Waals surface area contributed by atoms with Crippen molar-refractivity contribution < 1.29 is 18.3 Å². The molecule has 0 saturated carbocycles. The van der Waals surface area contributed by atoms with Gasteiger partial charge in [0.1, 0.15) is 10.8 Å². The lowest BCUT2D eigenvalue weighted by Gasteiger charge is -2.21. The summed E-state index contributed by atoms with van der Waals surface area (Å²) in [5.74, 6) is 0.254. The summed E-state index contributed by atoms with van der Waals surface area (Å²) in [5, 5.41) is 7.06. The summed E-state index contributed by atoms with van der Waals surface area (Å²) in [4.78, 5) is 22.9. The van der Waals surface area contributed by atoms with Crippen molar-refractivity contribution >= 4 is 28.2 Å². The smallest absolute Gasteiger partial charge is 0.387 e. The van der Waals surface area contributed by atoms with Gasteiger partial charge in [-0.3, -0.25) is 4.79 Å². The minimum Gasteiger partial charge on any atom is -0.435 e. The van der Waals surface area contributed by atoms with Crippen molar-refractivity contribution in [2.45, 2.75) is 33.4 Å². The summed E-state index contributed by atoms with van der Waals surface area (Å²) < 4.78 is 29.8. The summed E-state index contributed by atoms with van der Waals surface area (Å²) in [5.41, 5.74) is 3.72. The molecule has 9 heteroatoms. The van der Waals surface area contributed by atoms with Crippen molar-refractivity contribution in [3.8, 4) is 5.75 Å². The minimum absolute atomic E-state index is 0.0595. The quantitative estimate of drug-likeness (QED) is 0.292. The number of ether oxygens (including phenoxy) is 1. The second-order valence-corrected chi connectivity index (χ2v) is 9.22. The van der Waals surface area contributed by atoms with Crippen LogP contribution in [0.3, 0.4) is 0 Å². The van der Waals surface area contributed by atoms with E-state index in [2.05, 4.69) is 25.3 Å². The molecule has 0 saturated heterocycles. The highest BCUT2D eigenvalue weighted by atomic mass is 32.1. The first-order chi connectivity index (χ1) is 16.8. The lowest BCUT2D eigenvalue weighted by molar-refractivity contribution is -0.0498. The van der Waals surface area contributed by atoms with Gasteiger partial charge in [0, 0.05) is 27.4 Å². The van der Waals surface area contributed by atoms with Crippen LogP contribution >= 0.6 is 11.3 Å². The molecule has 2 heterocycles. The Hall–Kier alpha value is -3.85. The molecular formula is C26H24F2N4O2S. The number of hydrogen-bond donors (Lipinski definition) is 2. The van der Waals surface area contributed by atoms with Crippen LogP contribution in [0.1, 0.15) is 43.8 Å². The summed E-state index contributed by atoms with van der Waals surface area (Å²) in [6.07, 6.45) is 0. The average Bonchev–Trinajstić information content (AvgIpc) is 3.17. The number of aryl methyl sites for hydroxylation is 3. The Bertz CT molecular complexity index is 1290. The molecule has 2 N–H and O–H groups in total. The van der Waals surface area contributed by atoms with E-state index in [9.17, 15) is 13.6 Å². The number of nitrogens with one attached hydrogen (secondary N) is 2. The number of carbonyl (C=O) groups excluding carboxylic acids is 1. The highest BCUT2D eigenvalue weighted by Crippen LogP contribution is 2.38. The van der Waals surface area contributed by atoms with Gasteiger partial charge in [-0.15, -0.1) is 11.3 Å². The number of carbonyl (C=O) groups is 1. The highest BCUT2D eigenvalue weighted by molar-refractivity contribution is 7.16. The van der Waals surface area contributed by atoms with E-state index in [-0.39, 0.29) is 11.7 Å². The van der Waals surface area contributed by atoms with E-state index in [4.69, 9.17) is 0 Å². The molecule has 35 heavy (non-hydrogen) atoms. The maximum atomic E-state index is 12.9. The van der Waals surface area contributed by atoms with E-state index in [1.165, 1.54) is 23.5 Å². The minimum atomic E-state index is -2.90. The summed E-state index contributed by atoms with van der Waals surface area (Å²) >= 11 is 1.45. The van der Waals surface area contributed by atoms with Gasteiger partial charge in [-0.2, -0.15) is 8.78 Å². The monoisotopic (exact) mass is 494 g/mol. The number of halogens is 2. The number of aromatic nitrogens is 2. The van der Waals surface area contributed by atoms with Crippen LogP contribution in [-0.4, -0.2) is 22.5 Å². The topological polar surface area (TPSA) is 76.1 Å². The molecule has 4 rings (SSSR count). The molecule has 2 aromatic heterocycles. The molecule has 2 aromatic carbocycles. The van der Waals surface area contributed by atoms with E-state index in [0.29, 0.717) is 16.5 Å². The molecule has 6 nitrogen and oxygen atoms in total. The maximum Gasteiger partial charge on any atom is 0.387 e. The van der Waals surface area contributed by atoms with E-state index < -0.39 is 12.7 Å². The molecule has 0 aliphatic heterocycles. The Morgan fingerprint density at radius 2 is 1.60 bits per heavy atom. The number of amides is 1. The zero-order valence-electron chi connectivity index (χ0n) is 19.4. The van der Waals surface area contributed by atoms with Crippen LogP contribution in [0.25, 0.3) is 0 Å². The predicted molar refractivity (Wildman–Crippen MR) is 133 cm³/mol. The summed E-state index contributed by atoms with van der Waals surface area (Å²) in [6, 6.07) is 18.7. The second-order valence-electron chi connectivity index (χ2n) is 7.96. The van der Waals surface area contributed by atoms with Gasteiger partial charge < -0.3 is 15.4 Å². The van der Waals surface area contributed by atoms with Gasteiger partial charge in [-0.25, -0.2) is 9.97 Å². The summed E-state index contributed by atoms with van der Waals surface area (Å²) in [7, 11) is 0. The molecular weight excluding hydrogens is 470 g/mol. The fraction of sp³-hybridized carbons (Fsp3) is 0.192. The molecule has 0 aliphatic rings. The van der Waals surface area contributed by atoms with Crippen LogP contribution in [0.2, 0.25) is 0 Å². The lowest BCUT2D eigenvalue weighted by atomic mass is 10.00. The van der Waals surface area contributed by atoms with Crippen LogP contribution in [0, 0.1) is 20.8 Å². The number of nitrogens with zero attached hydrogens (tertiary/aromatic N) is 2. The Morgan fingerprint density at radius 1 is 0.943 bits per heavy atom. The predicted octanol–water partition coefficient (Wildman–Crippen LogP) is 6.52. The zero-order chi connectivity index (χ0) is 24.9. The molecule has 0 aliphatic carbocycles. The normalized spacial score (nSPS) is 11.8. The van der Waals surface area contributed by atoms with Crippen LogP contribution < -0.4 is 15.4 Å². The van der Waals surface area contributed by atoms with Crippen molar-refractivity contribution in [3.05, 3.63) is 99.7 Å². The van der Waals surface area contributed by atoms with Crippen molar-refractivity contribution in [1.82, 2.24) is 9.97 Å². The van der Waals surface area contributed by atoms with Gasteiger partial charge in [-0.1, -0.05) is 30.3 Å². The number of hydrogen-bond acceptors (Lipinski definition) is 6. The van der Waals surface area contributed by atoms with Crippen molar-refractivity contribution in [3.63, 3.8) is 0 Å². The Kier molecular flexibility index (Phi) is 7.36. The van der Waals surface area contributed by atoms with Crippen molar-refractivity contribution in [2.24, 2.45) is 0 Å². The maximum absolute atomic E-state index is 12.9. The second kappa shape index (κ2) is 10.6. The van der Waals surface area contributed by atoms with Gasteiger partial charge >= 0.3 is 6.61 Å². The van der Waals surface area contributed by atoms with Gasteiger partial charge in [0.2, 0.25) is 5.95 Å². The summed E-state index contributed by atoms with van der Waals surface area (Å²) in [6.45, 7) is 2.81. The van der Waals surface area contributed by atoms with Gasteiger partial charge in [-0.05, 0) is 62.7 Å². The zero-order valence-corrected chi connectivity index (χ0v) is 20.2. The highest BCUT2D eigenvalue weighted by Gasteiger charge is 2.23. The molecule has 4 aromatic rings. The molecule has 1 atom stereocenters. The Labute approximate surface area is 206 Å². The van der Waals surface area contributed by atoms with Gasteiger partial charge in [0.25, 0.3) is 5.91 Å². The van der Waals surface area contributed by atoms with Crippen molar-refractivity contribution in [2.75, 3.05) is 10.6 Å². The number of thiophene rings is 1. The van der Waals surface area contributed by atoms with Gasteiger partial charge in [0.15, 0.2) is 0 Å². The first-order valence-corrected chi connectivity index (χ1v) is 11.7. The van der Waals surface area contributed by atoms with Crippen LogP contribution in [-0.2, 0) is 0 Å². The third-order valence-electron chi connectivity index (χ3n) is 5.15. The van der Waals surface area contributed by atoms with E-state index in [1.807, 2.05) is 39.0 Å². The van der Waals surface area contributed by atoms with E-state index in [1.54, 1.807) is 36.4 Å². The molecule has 1 amide bonds. The third kappa shape index (κ3) is 6.19. The Balaban J connectivity index is 1.72. The molecule has 0 bridgehead atoms.